The molecule has 1 aliphatic heterocycles. The van der Waals surface area contributed by atoms with E-state index < -0.39 is 11.7 Å². The van der Waals surface area contributed by atoms with Crippen molar-refractivity contribution in [1.82, 2.24) is 5.32 Å². The molecule has 1 N–H and O–H groups in total. The monoisotopic (exact) mass is 403 g/mol. The minimum absolute atomic E-state index is 0.0411. The van der Waals surface area contributed by atoms with E-state index in [2.05, 4.69) is 57.6 Å². The first kappa shape index (κ1) is 20.0. The molecule has 1 amide bonds. The summed E-state index contributed by atoms with van der Waals surface area (Å²) in [6.45, 7) is 1.28. The molecule has 0 unspecified atom stereocenters. The van der Waals surface area contributed by atoms with Gasteiger partial charge in [-0.3, -0.25) is 4.79 Å². The Morgan fingerprint density at radius 3 is 2.47 bits per heavy atom. The van der Waals surface area contributed by atoms with E-state index in [1.807, 2.05) is 20.2 Å². The molecule has 1 heterocycles. The number of halogens is 1. The van der Waals surface area contributed by atoms with Crippen molar-refractivity contribution in [2.24, 2.45) is 0 Å². The highest BCUT2D eigenvalue weighted by molar-refractivity contribution is 5.94. The number of anilines is 2. The smallest absolute Gasteiger partial charge is 0.254 e. The summed E-state index contributed by atoms with van der Waals surface area (Å²) in [4.78, 5) is 17.0. The van der Waals surface area contributed by atoms with Crippen molar-refractivity contribution in [2.75, 3.05) is 37.0 Å². The van der Waals surface area contributed by atoms with E-state index in [0.717, 1.165) is 24.2 Å². The molecule has 4 nitrogen and oxygen atoms in total. The Bertz CT molecular complexity index is 1030. The van der Waals surface area contributed by atoms with Crippen molar-refractivity contribution >= 4 is 17.3 Å². The van der Waals surface area contributed by atoms with Gasteiger partial charge >= 0.3 is 0 Å². The highest BCUT2D eigenvalue weighted by atomic mass is 19.1. The minimum atomic E-state index is -0.506. The Kier molecular flexibility index (Phi) is 5.70. The molecule has 1 aliphatic rings. The quantitative estimate of drug-likeness (QED) is 0.662. The summed E-state index contributed by atoms with van der Waals surface area (Å²) in [5, 5.41) is 2.95. The zero-order chi connectivity index (χ0) is 21.1. The first-order valence-corrected chi connectivity index (χ1v) is 10.2. The molecule has 0 spiro atoms. The molecule has 0 radical (unpaired) electrons. The maximum absolute atomic E-state index is 14.0. The van der Waals surface area contributed by atoms with Gasteiger partial charge in [-0.2, -0.15) is 0 Å². The van der Waals surface area contributed by atoms with Crippen molar-refractivity contribution in [3.05, 3.63) is 95.3 Å². The predicted octanol–water partition coefficient (Wildman–Crippen LogP) is 4.43. The molecule has 0 saturated carbocycles. The van der Waals surface area contributed by atoms with Crippen LogP contribution in [0.4, 0.5) is 15.8 Å². The number of nitrogens with zero attached hydrogens (tertiary/aromatic N) is 2. The van der Waals surface area contributed by atoms with Crippen LogP contribution < -0.4 is 15.1 Å². The van der Waals surface area contributed by atoms with Crippen LogP contribution >= 0.6 is 0 Å². The van der Waals surface area contributed by atoms with Gasteiger partial charge in [0.2, 0.25) is 0 Å². The molecular weight excluding hydrogens is 377 g/mol. The number of fused-ring (bicyclic) bond motifs is 1. The highest BCUT2D eigenvalue weighted by Gasteiger charge is 2.27. The number of amides is 1. The molecule has 0 saturated heterocycles. The summed E-state index contributed by atoms with van der Waals surface area (Å²) in [7, 11) is 4.02. The summed E-state index contributed by atoms with van der Waals surface area (Å²) in [6.07, 6.45) is 0.976. The third-order valence-corrected chi connectivity index (χ3v) is 5.67. The summed E-state index contributed by atoms with van der Waals surface area (Å²) in [5.41, 5.74) is 4.81. The third kappa shape index (κ3) is 4.01. The zero-order valence-electron chi connectivity index (χ0n) is 17.3. The fraction of sp³-hybridized carbons (Fsp3) is 0.240. The first-order valence-electron chi connectivity index (χ1n) is 10.2. The number of para-hydroxylation sites is 1. The molecule has 154 valence electrons. The molecule has 0 fully saturated rings. The molecule has 30 heavy (non-hydrogen) atoms. The number of benzene rings is 3. The lowest BCUT2D eigenvalue weighted by molar-refractivity contribution is 0.0947. The summed E-state index contributed by atoms with van der Waals surface area (Å²) in [5.74, 6) is -0.899. The van der Waals surface area contributed by atoms with Gasteiger partial charge in [-0.25, -0.2) is 4.39 Å². The number of carbonyl (C=O) groups excluding carboxylic acids is 1. The van der Waals surface area contributed by atoms with E-state index in [9.17, 15) is 9.18 Å². The van der Waals surface area contributed by atoms with Crippen LogP contribution in [0.25, 0.3) is 0 Å². The van der Waals surface area contributed by atoms with E-state index in [-0.39, 0.29) is 11.6 Å². The van der Waals surface area contributed by atoms with Crippen LogP contribution in [0.15, 0.2) is 72.8 Å². The largest absolute Gasteiger partial charge is 0.378 e. The summed E-state index contributed by atoms with van der Waals surface area (Å²) >= 11 is 0. The van der Waals surface area contributed by atoms with Gasteiger partial charge in [0.15, 0.2) is 0 Å². The molecule has 3 aromatic rings. The third-order valence-electron chi connectivity index (χ3n) is 5.67. The Hall–Kier alpha value is -3.34. The van der Waals surface area contributed by atoms with Gasteiger partial charge in [0, 0.05) is 38.6 Å². The second kappa shape index (κ2) is 8.57. The van der Waals surface area contributed by atoms with E-state index in [4.69, 9.17) is 0 Å². The Morgan fingerprint density at radius 1 is 1.03 bits per heavy atom. The molecule has 1 atom stereocenters. The lowest BCUT2D eigenvalue weighted by atomic mass is 10.0. The molecule has 5 heteroatoms. The average molecular weight is 404 g/mol. The predicted molar refractivity (Wildman–Crippen MR) is 120 cm³/mol. The van der Waals surface area contributed by atoms with E-state index >= 15 is 0 Å². The van der Waals surface area contributed by atoms with Gasteiger partial charge < -0.3 is 15.1 Å². The van der Waals surface area contributed by atoms with Crippen molar-refractivity contribution < 1.29 is 9.18 Å². The maximum Gasteiger partial charge on any atom is 0.254 e. The van der Waals surface area contributed by atoms with Crippen molar-refractivity contribution in [1.29, 1.82) is 0 Å². The topological polar surface area (TPSA) is 35.6 Å². The summed E-state index contributed by atoms with van der Waals surface area (Å²) in [6, 6.07) is 22.8. The van der Waals surface area contributed by atoms with Crippen molar-refractivity contribution in [3.63, 3.8) is 0 Å². The van der Waals surface area contributed by atoms with Gasteiger partial charge in [0.05, 0.1) is 11.6 Å². The number of rotatable bonds is 6. The fourth-order valence-electron chi connectivity index (χ4n) is 4.02. The molecular formula is C25H26FN3O. The zero-order valence-corrected chi connectivity index (χ0v) is 17.3. The number of nitrogens with one attached hydrogen (secondary N) is 1. The highest BCUT2D eigenvalue weighted by Crippen LogP contribution is 2.35. The standard InChI is InChI=1S/C25H26FN3O/c1-28(2)20-13-11-19(12-14-20)24(29-16-15-18-7-3-6-10-23(18)29)17-27-25(30)21-8-4-5-9-22(21)26/h3-14,24H,15-17H2,1-2H3,(H,27,30)/t24-/m0/s1. The van der Waals surface area contributed by atoms with Crippen molar-refractivity contribution in [3.8, 4) is 0 Å². The van der Waals surface area contributed by atoms with Crippen LogP contribution in [0.5, 0.6) is 0 Å². The van der Waals surface area contributed by atoms with Crippen LogP contribution in [-0.4, -0.2) is 33.1 Å². The summed E-state index contributed by atoms with van der Waals surface area (Å²) < 4.78 is 14.0. The Balaban J connectivity index is 1.61. The number of carbonyl (C=O) groups is 1. The average Bonchev–Trinajstić information content (AvgIpc) is 3.18. The lowest BCUT2D eigenvalue weighted by Gasteiger charge is -2.31. The normalized spacial score (nSPS) is 13.6. The molecule has 3 aromatic carbocycles. The number of hydrogen-bond acceptors (Lipinski definition) is 3. The van der Waals surface area contributed by atoms with Gasteiger partial charge in [-0.05, 0) is 47.9 Å². The number of hydrogen-bond donors (Lipinski definition) is 1. The van der Waals surface area contributed by atoms with Gasteiger partial charge in [-0.15, -0.1) is 0 Å². The molecule has 4 rings (SSSR count). The Labute approximate surface area is 176 Å². The van der Waals surface area contributed by atoms with E-state index in [0.29, 0.717) is 6.54 Å². The first-order chi connectivity index (χ1) is 14.5. The maximum atomic E-state index is 14.0. The van der Waals surface area contributed by atoms with Crippen LogP contribution in [0.3, 0.4) is 0 Å². The van der Waals surface area contributed by atoms with Crippen LogP contribution in [0.1, 0.15) is 27.5 Å². The Morgan fingerprint density at radius 2 is 1.73 bits per heavy atom. The van der Waals surface area contributed by atoms with E-state index in [1.165, 1.54) is 23.4 Å². The van der Waals surface area contributed by atoms with Crippen LogP contribution in [0.2, 0.25) is 0 Å². The second-order valence-corrected chi connectivity index (χ2v) is 7.76. The minimum Gasteiger partial charge on any atom is -0.378 e. The van der Waals surface area contributed by atoms with Crippen molar-refractivity contribution in [2.45, 2.75) is 12.5 Å². The van der Waals surface area contributed by atoms with Gasteiger partial charge in [0.1, 0.15) is 5.82 Å². The van der Waals surface area contributed by atoms with Gasteiger partial charge in [0.25, 0.3) is 5.91 Å². The second-order valence-electron chi connectivity index (χ2n) is 7.76. The molecule has 0 bridgehead atoms. The van der Waals surface area contributed by atoms with E-state index in [1.54, 1.807) is 12.1 Å². The molecule has 0 aromatic heterocycles. The fourth-order valence-corrected chi connectivity index (χ4v) is 4.02. The SMILES string of the molecule is CN(C)c1ccc([C@H](CNC(=O)c2ccccc2F)N2CCc3ccccc32)cc1. The van der Waals surface area contributed by atoms with Crippen LogP contribution in [-0.2, 0) is 6.42 Å². The molecule has 0 aliphatic carbocycles. The van der Waals surface area contributed by atoms with Crippen LogP contribution in [0, 0.1) is 5.82 Å². The van der Waals surface area contributed by atoms with Gasteiger partial charge in [-0.1, -0.05) is 42.5 Å². The lowest BCUT2D eigenvalue weighted by Crippen LogP contribution is -2.37.